The normalized spacial score (nSPS) is 14.9. The van der Waals surface area contributed by atoms with Crippen LogP contribution in [0, 0.1) is 0 Å². The minimum Gasteiger partial charge on any atom is -0.444 e. The van der Waals surface area contributed by atoms with Crippen molar-refractivity contribution in [3.05, 3.63) is 47.3 Å². The van der Waals surface area contributed by atoms with Gasteiger partial charge in [0.2, 0.25) is 0 Å². The van der Waals surface area contributed by atoms with E-state index in [9.17, 15) is 18.0 Å². The van der Waals surface area contributed by atoms with E-state index in [-0.39, 0.29) is 25.1 Å². The highest BCUT2D eigenvalue weighted by molar-refractivity contribution is 5.68. The average molecular weight is 367 g/mol. The first-order valence-corrected chi connectivity index (χ1v) is 8.27. The Hall–Kier alpha value is -2.51. The lowest BCUT2D eigenvalue weighted by Gasteiger charge is -2.30. The van der Waals surface area contributed by atoms with Crippen molar-refractivity contribution in [3.8, 4) is 5.69 Å². The minimum atomic E-state index is -4.54. The van der Waals surface area contributed by atoms with E-state index in [4.69, 9.17) is 4.74 Å². The van der Waals surface area contributed by atoms with E-state index in [0.29, 0.717) is 11.4 Å². The molecule has 1 aromatic heterocycles. The standard InChI is InChI=1S/C18H20F3N3O2/c1-17(2,3)26-16(25)23-10-9-13-14(11-23)24(12-7-5-4-6-8-12)22-15(13)18(19,20)21/h4-8H,9-11H2,1-3H3. The molecule has 3 rings (SSSR count). The summed E-state index contributed by atoms with van der Waals surface area (Å²) < 4.78 is 46.8. The number of amides is 1. The van der Waals surface area contributed by atoms with Crippen molar-refractivity contribution >= 4 is 6.09 Å². The van der Waals surface area contributed by atoms with Gasteiger partial charge in [0.1, 0.15) is 5.60 Å². The van der Waals surface area contributed by atoms with Gasteiger partial charge in [-0.05, 0) is 39.3 Å². The summed E-state index contributed by atoms with van der Waals surface area (Å²) in [6.07, 6.45) is -5.01. The molecular formula is C18H20F3N3O2. The maximum Gasteiger partial charge on any atom is 0.435 e. The second-order valence-electron chi connectivity index (χ2n) is 7.17. The van der Waals surface area contributed by atoms with Gasteiger partial charge in [0, 0.05) is 12.1 Å². The Morgan fingerprint density at radius 2 is 1.81 bits per heavy atom. The van der Waals surface area contributed by atoms with Gasteiger partial charge in [-0.2, -0.15) is 18.3 Å². The molecule has 0 N–H and O–H groups in total. The lowest BCUT2D eigenvalue weighted by Crippen LogP contribution is -2.40. The van der Waals surface area contributed by atoms with E-state index in [0.717, 1.165) is 0 Å². The highest BCUT2D eigenvalue weighted by Crippen LogP contribution is 2.36. The van der Waals surface area contributed by atoms with Gasteiger partial charge in [-0.25, -0.2) is 9.48 Å². The summed E-state index contributed by atoms with van der Waals surface area (Å²) in [6.45, 7) is 5.41. The summed E-state index contributed by atoms with van der Waals surface area (Å²) >= 11 is 0. The Kier molecular flexibility index (Phi) is 4.46. The van der Waals surface area contributed by atoms with Gasteiger partial charge in [0.25, 0.3) is 0 Å². The van der Waals surface area contributed by atoms with Crippen molar-refractivity contribution in [1.82, 2.24) is 14.7 Å². The van der Waals surface area contributed by atoms with Crippen LogP contribution in [0.25, 0.3) is 5.69 Å². The molecule has 140 valence electrons. The fourth-order valence-electron chi connectivity index (χ4n) is 2.91. The van der Waals surface area contributed by atoms with Crippen LogP contribution in [0.3, 0.4) is 0 Å². The molecular weight excluding hydrogens is 347 g/mol. The third kappa shape index (κ3) is 3.68. The SMILES string of the molecule is CC(C)(C)OC(=O)N1CCc2c(C(F)(F)F)nn(-c3ccccc3)c2C1. The first kappa shape index (κ1) is 18.3. The van der Waals surface area contributed by atoms with Crippen LogP contribution in [0.2, 0.25) is 0 Å². The second-order valence-corrected chi connectivity index (χ2v) is 7.17. The van der Waals surface area contributed by atoms with E-state index < -0.39 is 23.6 Å². The molecule has 0 spiro atoms. The van der Waals surface area contributed by atoms with Gasteiger partial charge in [0.05, 0.1) is 17.9 Å². The van der Waals surface area contributed by atoms with Crippen molar-refractivity contribution in [3.63, 3.8) is 0 Å². The molecule has 26 heavy (non-hydrogen) atoms. The van der Waals surface area contributed by atoms with Crippen LogP contribution in [-0.4, -0.2) is 32.9 Å². The summed E-state index contributed by atoms with van der Waals surface area (Å²) in [5.41, 5.74) is -0.541. The molecule has 0 unspecified atom stereocenters. The number of halogens is 3. The average Bonchev–Trinajstić information content (AvgIpc) is 2.93. The summed E-state index contributed by atoms with van der Waals surface area (Å²) in [5, 5.41) is 3.81. The number of benzene rings is 1. The van der Waals surface area contributed by atoms with Crippen molar-refractivity contribution in [2.45, 2.75) is 45.5 Å². The van der Waals surface area contributed by atoms with Crippen LogP contribution in [0.4, 0.5) is 18.0 Å². The zero-order valence-corrected chi connectivity index (χ0v) is 14.8. The number of hydrogen-bond acceptors (Lipinski definition) is 3. The van der Waals surface area contributed by atoms with Crippen molar-refractivity contribution < 1.29 is 22.7 Å². The van der Waals surface area contributed by atoms with Crippen LogP contribution in [0.1, 0.15) is 37.7 Å². The molecule has 1 aromatic carbocycles. The molecule has 1 amide bonds. The number of fused-ring (bicyclic) bond motifs is 1. The third-order valence-corrected chi connectivity index (χ3v) is 3.98. The number of ether oxygens (including phenoxy) is 1. The number of nitrogens with zero attached hydrogens (tertiary/aromatic N) is 3. The molecule has 2 aromatic rings. The molecule has 0 saturated heterocycles. The molecule has 0 bridgehead atoms. The summed E-state index contributed by atoms with van der Waals surface area (Å²) in [6, 6.07) is 8.59. The monoisotopic (exact) mass is 367 g/mol. The quantitative estimate of drug-likeness (QED) is 0.760. The van der Waals surface area contributed by atoms with E-state index in [1.54, 1.807) is 51.1 Å². The number of alkyl halides is 3. The molecule has 0 fully saturated rings. The highest BCUT2D eigenvalue weighted by atomic mass is 19.4. The number of carbonyl (C=O) groups excluding carboxylic acids is 1. The maximum atomic E-state index is 13.4. The van der Waals surface area contributed by atoms with Gasteiger partial charge >= 0.3 is 12.3 Å². The Labute approximate surface area is 149 Å². The number of rotatable bonds is 1. The first-order chi connectivity index (χ1) is 12.1. The fourth-order valence-corrected chi connectivity index (χ4v) is 2.91. The summed E-state index contributed by atoms with van der Waals surface area (Å²) in [5.74, 6) is 0. The Morgan fingerprint density at radius 3 is 2.38 bits per heavy atom. The van der Waals surface area contributed by atoms with Crippen LogP contribution >= 0.6 is 0 Å². The number of para-hydroxylation sites is 1. The van der Waals surface area contributed by atoms with Crippen molar-refractivity contribution in [2.24, 2.45) is 0 Å². The van der Waals surface area contributed by atoms with Crippen molar-refractivity contribution in [2.75, 3.05) is 6.54 Å². The summed E-state index contributed by atoms with van der Waals surface area (Å²) in [7, 11) is 0. The van der Waals surface area contributed by atoms with E-state index in [2.05, 4.69) is 5.10 Å². The van der Waals surface area contributed by atoms with E-state index in [1.165, 1.54) is 9.58 Å². The molecule has 8 heteroatoms. The molecule has 2 heterocycles. The van der Waals surface area contributed by atoms with E-state index in [1.807, 2.05) is 0 Å². The van der Waals surface area contributed by atoms with Crippen LogP contribution in [0.5, 0.6) is 0 Å². The lowest BCUT2D eigenvalue weighted by atomic mass is 10.0. The highest BCUT2D eigenvalue weighted by Gasteiger charge is 2.41. The van der Waals surface area contributed by atoms with Gasteiger partial charge in [-0.1, -0.05) is 18.2 Å². The molecule has 0 atom stereocenters. The van der Waals surface area contributed by atoms with E-state index >= 15 is 0 Å². The lowest BCUT2D eigenvalue weighted by molar-refractivity contribution is -0.142. The van der Waals surface area contributed by atoms with Gasteiger partial charge in [0.15, 0.2) is 5.69 Å². The van der Waals surface area contributed by atoms with Crippen LogP contribution in [-0.2, 0) is 23.9 Å². The second kappa shape index (κ2) is 6.34. The third-order valence-electron chi connectivity index (χ3n) is 3.98. The zero-order chi connectivity index (χ0) is 19.1. The zero-order valence-electron chi connectivity index (χ0n) is 14.8. The molecule has 0 saturated carbocycles. The van der Waals surface area contributed by atoms with Gasteiger partial charge in [-0.3, -0.25) is 0 Å². The largest absolute Gasteiger partial charge is 0.444 e. The predicted octanol–water partition coefficient (Wildman–Crippen LogP) is 4.18. The molecule has 0 aliphatic carbocycles. The Morgan fingerprint density at radius 1 is 1.15 bits per heavy atom. The smallest absolute Gasteiger partial charge is 0.435 e. The first-order valence-electron chi connectivity index (χ1n) is 8.27. The van der Waals surface area contributed by atoms with Crippen LogP contribution in [0.15, 0.2) is 30.3 Å². The maximum absolute atomic E-state index is 13.4. The predicted molar refractivity (Wildman–Crippen MR) is 88.9 cm³/mol. The fraction of sp³-hybridized carbons (Fsp3) is 0.444. The molecule has 1 aliphatic rings. The minimum absolute atomic E-state index is 0.0161. The Bertz CT molecular complexity index is 808. The van der Waals surface area contributed by atoms with Gasteiger partial charge in [-0.15, -0.1) is 0 Å². The number of hydrogen-bond donors (Lipinski definition) is 0. The summed E-state index contributed by atoms with van der Waals surface area (Å²) in [4.78, 5) is 13.7. The molecule has 1 aliphatic heterocycles. The van der Waals surface area contributed by atoms with Crippen molar-refractivity contribution in [1.29, 1.82) is 0 Å². The number of aromatic nitrogens is 2. The van der Waals surface area contributed by atoms with Crippen LogP contribution < -0.4 is 0 Å². The molecule has 0 radical (unpaired) electrons. The van der Waals surface area contributed by atoms with Gasteiger partial charge < -0.3 is 9.64 Å². The molecule has 5 nitrogen and oxygen atoms in total. The Balaban J connectivity index is 2.00. The number of carbonyl (C=O) groups is 1. The topological polar surface area (TPSA) is 47.4 Å².